The fraction of sp³-hybridized carbons (Fsp3) is 0.400. The molecule has 0 aliphatic carbocycles. The normalized spacial score (nSPS) is 10.8. The zero-order valence-electron chi connectivity index (χ0n) is 12.3. The van der Waals surface area contributed by atoms with Crippen LogP contribution in [0.15, 0.2) is 33.9 Å². The first-order chi connectivity index (χ1) is 10.5. The molecule has 0 amide bonds. The third kappa shape index (κ3) is 3.76. The van der Waals surface area contributed by atoms with Crippen molar-refractivity contribution >= 4 is 17.5 Å². The van der Waals surface area contributed by atoms with Crippen LogP contribution in [0.3, 0.4) is 0 Å². The predicted octanol–water partition coefficient (Wildman–Crippen LogP) is 2.26. The Morgan fingerprint density at radius 2 is 1.86 bits per heavy atom. The van der Waals surface area contributed by atoms with Crippen LogP contribution >= 0.6 is 11.6 Å². The minimum Gasteiger partial charge on any atom is -0.272 e. The summed E-state index contributed by atoms with van der Waals surface area (Å²) in [5.41, 5.74) is -0.474. The quantitative estimate of drug-likeness (QED) is 0.828. The summed E-state index contributed by atoms with van der Waals surface area (Å²) in [6.45, 7) is 2.13. The first kappa shape index (κ1) is 16.3. The van der Waals surface area contributed by atoms with Gasteiger partial charge in [-0.3, -0.25) is 4.79 Å². The number of rotatable bonds is 6. The highest BCUT2D eigenvalue weighted by Gasteiger charge is 2.14. The number of nitrogens with one attached hydrogen (secondary N) is 1. The molecule has 0 aliphatic heterocycles. The van der Waals surface area contributed by atoms with Gasteiger partial charge in [-0.05, 0) is 24.1 Å². The van der Waals surface area contributed by atoms with E-state index in [-0.39, 0.29) is 18.9 Å². The lowest BCUT2D eigenvalue weighted by atomic mass is 10.2. The highest BCUT2D eigenvalue weighted by molar-refractivity contribution is 6.30. The van der Waals surface area contributed by atoms with Crippen molar-refractivity contribution in [1.82, 2.24) is 14.3 Å². The summed E-state index contributed by atoms with van der Waals surface area (Å²) < 4.78 is 1.80. The highest BCUT2D eigenvalue weighted by atomic mass is 35.5. The summed E-state index contributed by atoms with van der Waals surface area (Å²) in [6, 6.07) is 6.83. The number of aromatic nitrogens is 3. The molecule has 0 fully saturated rings. The Kier molecular flexibility index (Phi) is 5.38. The van der Waals surface area contributed by atoms with Crippen molar-refractivity contribution in [2.75, 3.05) is 0 Å². The minimum absolute atomic E-state index is 0.0978. The molecule has 0 unspecified atom stereocenters. The van der Waals surface area contributed by atoms with Crippen molar-refractivity contribution in [2.24, 2.45) is 0 Å². The predicted molar refractivity (Wildman–Crippen MR) is 84.6 cm³/mol. The maximum absolute atomic E-state index is 12.2. The fourth-order valence-electron chi connectivity index (χ4n) is 2.13. The van der Waals surface area contributed by atoms with Gasteiger partial charge in [-0.25, -0.2) is 19.3 Å². The van der Waals surface area contributed by atoms with Gasteiger partial charge in [0.05, 0.1) is 6.54 Å². The van der Waals surface area contributed by atoms with Crippen molar-refractivity contribution in [3.05, 3.63) is 55.8 Å². The summed E-state index contributed by atoms with van der Waals surface area (Å²) in [5.74, 6) is -0.384. The van der Waals surface area contributed by atoms with Gasteiger partial charge in [-0.1, -0.05) is 43.5 Å². The van der Waals surface area contributed by atoms with Gasteiger partial charge in [0.25, 0.3) is 0 Å². The van der Waals surface area contributed by atoms with Crippen molar-refractivity contribution < 1.29 is 4.79 Å². The Morgan fingerprint density at radius 3 is 2.50 bits per heavy atom. The van der Waals surface area contributed by atoms with Crippen LogP contribution in [0.2, 0.25) is 5.02 Å². The second-order valence-corrected chi connectivity index (χ2v) is 5.53. The van der Waals surface area contributed by atoms with E-state index in [9.17, 15) is 14.4 Å². The number of carbonyl (C=O) groups is 1. The summed E-state index contributed by atoms with van der Waals surface area (Å²) >= 11 is 5.80. The molecule has 6 nitrogen and oxygen atoms in total. The molecule has 1 heterocycles. The van der Waals surface area contributed by atoms with Crippen LogP contribution in [0.1, 0.15) is 43.0 Å². The average Bonchev–Trinajstić information content (AvgIpc) is 2.78. The van der Waals surface area contributed by atoms with Gasteiger partial charge in [-0.2, -0.15) is 4.68 Å². The molecule has 0 spiro atoms. The lowest BCUT2D eigenvalue weighted by Gasteiger charge is -2.01. The van der Waals surface area contributed by atoms with Crippen molar-refractivity contribution in [2.45, 2.75) is 39.2 Å². The molecule has 1 aromatic heterocycles. The summed E-state index contributed by atoms with van der Waals surface area (Å²) in [6.07, 6.45) is 2.84. The molecule has 2 aromatic rings. The second kappa shape index (κ2) is 7.26. The Labute approximate surface area is 132 Å². The first-order valence-electron chi connectivity index (χ1n) is 7.22. The molecule has 1 N–H and O–H groups in total. The largest absolute Gasteiger partial charge is 0.354 e. The maximum Gasteiger partial charge on any atom is 0.354 e. The molecule has 0 atom stereocenters. The molecule has 7 heteroatoms. The number of H-pyrrole nitrogens is 1. The molecule has 118 valence electrons. The number of halogens is 1. The average molecular weight is 324 g/mol. The minimum atomic E-state index is -0.638. The zero-order valence-corrected chi connectivity index (χ0v) is 13.1. The molecular formula is C15H18ClN3O3. The van der Waals surface area contributed by atoms with Crippen LogP contribution in [0.4, 0.5) is 0 Å². The van der Waals surface area contributed by atoms with Gasteiger partial charge >= 0.3 is 11.4 Å². The molecular weight excluding hydrogens is 306 g/mol. The van der Waals surface area contributed by atoms with Gasteiger partial charge in [-0.15, -0.1) is 0 Å². The van der Waals surface area contributed by atoms with Crippen molar-refractivity contribution in [1.29, 1.82) is 0 Å². The van der Waals surface area contributed by atoms with Crippen LogP contribution in [0, 0.1) is 0 Å². The first-order valence-corrected chi connectivity index (χ1v) is 7.60. The van der Waals surface area contributed by atoms with E-state index in [0.29, 0.717) is 11.4 Å². The smallest absolute Gasteiger partial charge is 0.272 e. The summed E-state index contributed by atoms with van der Waals surface area (Å²) in [7, 11) is 0. The monoisotopic (exact) mass is 323 g/mol. The van der Waals surface area contributed by atoms with Gasteiger partial charge in [0, 0.05) is 11.4 Å². The number of aromatic amines is 1. The van der Waals surface area contributed by atoms with Gasteiger partial charge in [0.15, 0.2) is 0 Å². The van der Waals surface area contributed by atoms with Gasteiger partial charge in [0.1, 0.15) is 0 Å². The lowest BCUT2D eigenvalue weighted by Crippen LogP contribution is -2.31. The standard InChI is InChI=1S/C15H18ClN3O3/c1-2-3-4-5-13(20)19-15(22)18(14(21)17-19)10-11-6-8-12(16)9-7-11/h6-9H,2-5,10H2,1H3,(H,17,21). The third-order valence-corrected chi connectivity index (χ3v) is 3.62. The number of carbonyl (C=O) groups excluding carboxylic acids is 1. The molecule has 2 rings (SSSR count). The van der Waals surface area contributed by atoms with Crippen molar-refractivity contribution in [3.63, 3.8) is 0 Å². The van der Waals surface area contributed by atoms with Crippen LogP contribution in [-0.4, -0.2) is 20.3 Å². The Morgan fingerprint density at radius 1 is 1.18 bits per heavy atom. The van der Waals surface area contributed by atoms with E-state index in [0.717, 1.165) is 27.7 Å². The Balaban J connectivity index is 2.20. The Hall–Kier alpha value is -2.08. The molecule has 0 aliphatic rings. The van der Waals surface area contributed by atoms with E-state index in [1.807, 2.05) is 6.92 Å². The Bertz CT molecular complexity index is 756. The van der Waals surface area contributed by atoms with Gasteiger partial charge < -0.3 is 0 Å². The topological polar surface area (TPSA) is 76.9 Å². The zero-order chi connectivity index (χ0) is 16.1. The number of benzene rings is 1. The maximum atomic E-state index is 12.2. The molecule has 22 heavy (non-hydrogen) atoms. The SMILES string of the molecule is CCCCCC(=O)n1[nH]c(=O)n(Cc2ccc(Cl)cc2)c1=O. The number of hydrogen-bond donors (Lipinski definition) is 1. The number of hydrogen-bond acceptors (Lipinski definition) is 3. The lowest BCUT2D eigenvalue weighted by molar-refractivity contribution is 0.0877. The fourth-order valence-corrected chi connectivity index (χ4v) is 2.26. The van der Waals surface area contributed by atoms with E-state index in [2.05, 4.69) is 5.10 Å². The molecule has 0 saturated heterocycles. The number of nitrogens with zero attached hydrogens (tertiary/aromatic N) is 2. The van der Waals surface area contributed by atoms with Crippen LogP contribution < -0.4 is 11.4 Å². The van der Waals surface area contributed by atoms with E-state index in [1.165, 1.54) is 0 Å². The van der Waals surface area contributed by atoms with Crippen LogP contribution in [-0.2, 0) is 6.54 Å². The molecule has 0 saturated carbocycles. The number of unbranched alkanes of at least 4 members (excludes halogenated alkanes) is 2. The van der Waals surface area contributed by atoms with E-state index in [1.54, 1.807) is 24.3 Å². The van der Waals surface area contributed by atoms with E-state index < -0.39 is 11.4 Å². The molecule has 0 radical (unpaired) electrons. The van der Waals surface area contributed by atoms with E-state index >= 15 is 0 Å². The van der Waals surface area contributed by atoms with E-state index in [4.69, 9.17) is 11.6 Å². The second-order valence-electron chi connectivity index (χ2n) is 5.10. The van der Waals surface area contributed by atoms with Crippen molar-refractivity contribution in [3.8, 4) is 0 Å². The van der Waals surface area contributed by atoms with Crippen LogP contribution in [0.5, 0.6) is 0 Å². The summed E-state index contributed by atoms with van der Waals surface area (Å²) in [4.78, 5) is 36.0. The third-order valence-electron chi connectivity index (χ3n) is 3.37. The van der Waals surface area contributed by atoms with Gasteiger partial charge in [0.2, 0.25) is 5.91 Å². The van der Waals surface area contributed by atoms with Crippen LogP contribution in [0.25, 0.3) is 0 Å². The molecule has 1 aromatic carbocycles. The highest BCUT2D eigenvalue weighted by Crippen LogP contribution is 2.09. The molecule has 0 bridgehead atoms. The summed E-state index contributed by atoms with van der Waals surface area (Å²) in [5, 5.41) is 2.88.